The van der Waals surface area contributed by atoms with E-state index in [0.717, 1.165) is 12.0 Å². The van der Waals surface area contributed by atoms with Gasteiger partial charge in [-0.25, -0.2) is 4.79 Å². The number of esters is 1. The molecule has 0 radical (unpaired) electrons. The normalized spacial score (nSPS) is 12.8. The number of carbonyl (C=O) groups excluding carboxylic acids is 1. The fourth-order valence-corrected chi connectivity index (χ4v) is 1.27. The van der Waals surface area contributed by atoms with Crippen LogP contribution in [0, 0.1) is 5.41 Å². The highest BCUT2D eigenvalue weighted by molar-refractivity contribution is 5.82. The van der Waals surface area contributed by atoms with Crippen LogP contribution in [0.25, 0.3) is 0 Å². The largest absolute Gasteiger partial charge is 0.463 e. The third-order valence-electron chi connectivity index (χ3n) is 1.46. The first-order valence-corrected chi connectivity index (χ1v) is 4.69. The van der Waals surface area contributed by atoms with Crippen molar-refractivity contribution in [2.75, 3.05) is 6.61 Å². The van der Waals surface area contributed by atoms with Gasteiger partial charge in [-0.15, -0.1) is 0 Å². The van der Waals surface area contributed by atoms with Crippen LogP contribution in [0.4, 0.5) is 0 Å². The summed E-state index contributed by atoms with van der Waals surface area (Å²) in [6.45, 7) is 10.7. The smallest absolute Gasteiger partial charge is 0.330 e. The van der Waals surface area contributed by atoms with E-state index in [0.29, 0.717) is 6.61 Å². The van der Waals surface area contributed by atoms with E-state index >= 15 is 0 Å². The lowest BCUT2D eigenvalue weighted by atomic mass is 9.88. The van der Waals surface area contributed by atoms with Crippen LogP contribution in [-0.4, -0.2) is 12.6 Å². The van der Waals surface area contributed by atoms with Crippen molar-refractivity contribution in [3.8, 4) is 0 Å². The van der Waals surface area contributed by atoms with Crippen LogP contribution < -0.4 is 0 Å². The van der Waals surface area contributed by atoms with E-state index in [9.17, 15) is 4.79 Å². The average molecular weight is 184 g/mol. The fourth-order valence-electron chi connectivity index (χ4n) is 1.27. The van der Waals surface area contributed by atoms with Crippen LogP contribution >= 0.6 is 0 Å². The predicted octanol–water partition coefficient (Wildman–Crippen LogP) is 2.93. The van der Waals surface area contributed by atoms with Gasteiger partial charge < -0.3 is 4.74 Å². The molecule has 2 heteroatoms. The summed E-state index contributed by atoms with van der Waals surface area (Å²) in [4.78, 5) is 11.0. The van der Waals surface area contributed by atoms with Crippen LogP contribution in [0.1, 0.15) is 41.0 Å². The minimum Gasteiger partial charge on any atom is -0.463 e. The van der Waals surface area contributed by atoms with Gasteiger partial charge >= 0.3 is 5.97 Å². The Kier molecular flexibility index (Phi) is 4.74. The first kappa shape index (κ1) is 12.2. The van der Waals surface area contributed by atoms with Crippen molar-refractivity contribution in [2.24, 2.45) is 5.41 Å². The third-order valence-corrected chi connectivity index (χ3v) is 1.46. The maximum atomic E-state index is 11.0. The zero-order valence-corrected chi connectivity index (χ0v) is 9.31. The van der Waals surface area contributed by atoms with Crippen LogP contribution in [0.5, 0.6) is 0 Å². The number of carbonyl (C=O) groups is 1. The Morgan fingerprint density at radius 2 is 1.92 bits per heavy atom. The molecule has 0 unspecified atom stereocenters. The summed E-state index contributed by atoms with van der Waals surface area (Å²) < 4.78 is 4.81. The molecule has 0 aromatic carbocycles. The Balaban J connectivity index is 4.09. The van der Waals surface area contributed by atoms with E-state index in [1.807, 2.05) is 13.8 Å². The Morgan fingerprint density at radius 3 is 2.31 bits per heavy atom. The zero-order chi connectivity index (χ0) is 10.5. The van der Waals surface area contributed by atoms with Crippen LogP contribution in [-0.2, 0) is 9.53 Å². The van der Waals surface area contributed by atoms with Gasteiger partial charge in [0.05, 0.1) is 6.61 Å². The molecule has 0 saturated heterocycles. The van der Waals surface area contributed by atoms with Crippen molar-refractivity contribution in [3.05, 3.63) is 11.6 Å². The lowest BCUT2D eigenvalue weighted by Crippen LogP contribution is -2.07. The predicted molar refractivity (Wildman–Crippen MR) is 54.5 cm³/mol. The molecule has 0 rings (SSSR count). The van der Waals surface area contributed by atoms with Crippen molar-refractivity contribution in [1.82, 2.24) is 0 Å². The first-order chi connectivity index (χ1) is 5.85. The molecule has 0 atom stereocenters. The highest BCUT2D eigenvalue weighted by Crippen LogP contribution is 2.23. The second-order valence-electron chi connectivity index (χ2n) is 4.48. The summed E-state index contributed by atoms with van der Waals surface area (Å²) in [6, 6.07) is 0. The molecule has 0 saturated carbocycles. The Morgan fingerprint density at radius 1 is 1.38 bits per heavy atom. The molecule has 0 heterocycles. The molecule has 0 aliphatic heterocycles. The SMILES string of the molecule is CCOC(=O)C=C(C)CC(C)(C)C. The molecule has 0 fully saturated rings. The van der Waals surface area contributed by atoms with Crippen molar-refractivity contribution < 1.29 is 9.53 Å². The molecule has 76 valence electrons. The second kappa shape index (κ2) is 5.05. The summed E-state index contributed by atoms with van der Waals surface area (Å²) in [5, 5.41) is 0. The summed E-state index contributed by atoms with van der Waals surface area (Å²) in [5.74, 6) is -0.232. The quantitative estimate of drug-likeness (QED) is 0.498. The highest BCUT2D eigenvalue weighted by Gasteiger charge is 2.11. The number of hydrogen-bond acceptors (Lipinski definition) is 2. The Bertz CT molecular complexity index is 197. The van der Waals surface area contributed by atoms with Gasteiger partial charge in [-0.05, 0) is 25.7 Å². The minimum atomic E-state index is -0.232. The molecule has 2 nitrogen and oxygen atoms in total. The number of allylic oxidation sites excluding steroid dienone is 1. The molecule has 0 spiro atoms. The summed E-state index contributed by atoms with van der Waals surface area (Å²) in [6.07, 6.45) is 2.50. The number of rotatable bonds is 3. The minimum absolute atomic E-state index is 0.229. The van der Waals surface area contributed by atoms with Gasteiger partial charge in [-0.1, -0.05) is 26.3 Å². The van der Waals surface area contributed by atoms with Crippen molar-refractivity contribution >= 4 is 5.97 Å². The van der Waals surface area contributed by atoms with Crippen molar-refractivity contribution in [1.29, 1.82) is 0 Å². The molecular weight excluding hydrogens is 164 g/mol. The van der Waals surface area contributed by atoms with Gasteiger partial charge in [0.15, 0.2) is 0 Å². The molecule has 0 N–H and O–H groups in total. The first-order valence-electron chi connectivity index (χ1n) is 4.69. The van der Waals surface area contributed by atoms with E-state index in [1.54, 1.807) is 6.08 Å². The maximum absolute atomic E-state index is 11.0. The fraction of sp³-hybridized carbons (Fsp3) is 0.727. The monoisotopic (exact) mass is 184 g/mol. The zero-order valence-electron chi connectivity index (χ0n) is 9.31. The van der Waals surface area contributed by atoms with Gasteiger partial charge in [-0.3, -0.25) is 0 Å². The standard InChI is InChI=1S/C11H20O2/c1-6-13-10(12)7-9(2)8-11(3,4)5/h7H,6,8H2,1-5H3. The molecule has 0 aromatic rings. The van der Waals surface area contributed by atoms with Gasteiger partial charge in [-0.2, -0.15) is 0 Å². The van der Waals surface area contributed by atoms with Crippen LogP contribution in [0.2, 0.25) is 0 Å². The molecule has 13 heavy (non-hydrogen) atoms. The van der Waals surface area contributed by atoms with Gasteiger partial charge in [0.1, 0.15) is 0 Å². The average Bonchev–Trinajstić information content (AvgIpc) is 1.81. The molecular formula is C11H20O2. The third kappa shape index (κ3) is 7.57. The molecule has 0 bridgehead atoms. The van der Waals surface area contributed by atoms with Crippen molar-refractivity contribution in [3.63, 3.8) is 0 Å². The van der Waals surface area contributed by atoms with Gasteiger partial charge in [0, 0.05) is 6.08 Å². The van der Waals surface area contributed by atoms with Gasteiger partial charge in [0.2, 0.25) is 0 Å². The summed E-state index contributed by atoms with van der Waals surface area (Å²) in [5.41, 5.74) is 1.30. The Hall–Kier alpha value is -0.790. The molecule has 0 aromatic heterocycles. The molecule has 0 aliphatic carbocycles. The van der Waals surface area contributed by atoms with E-state index in [4.69, 9.17) is 4.74 Å². The summed E-state index contributed by atoms with van der Waals surface area (Å²) >= 11 is 0. The Labute approximate surface area is 81.0 Å². The van der Waals surface area contributed by atoms with Crippen LogP contribution in [0.3, 0.4) is 0 Å². The topological polar surface area (TPSA) is 26.3 Å². The second-order valence-corrected chi connectivity index (χ2v) is 4.48. The van der Waals surface area contributed by atoms with E-state index < -0.39 is 0 Å². The lowest BCUT2D eigenvalue weighted by molar-refractivity contribution is -0.137. The van der Waals surface area contributed by atoms with E-state index in [-0.39, 0.29) is 11.4 Å². The summed E-state index contributed by atoms with van der Waals surface area (Å²) in [7, 11) is 0. The molecule has 0 amide bonds. The van der Waals surface area contributed by atoms with E-state index in [2.05, 4.69) is 20.8 Å². The van der Waals surface area contributed by atoms with Gasteiger partial charge in [0.25, 0.3) is 0 Å². The molecule has 0 aliphatic rings. The highest BCUT2D eigenvalue weighted by atomic mass is 16.5. The lowest BCUT2D eigenvalue weighted by Gasteiger charge is -2.17. The number of hydrogen-bond donors (Lipinski definition) is 0. The number of ether oxygens (including phenoxy) is 1. The van der Waals surface area contributed by atoms with E-state index in [1.165, 1.54) is 0 Å². The maximum Gasteiger partial charge on any atom is 0.330 e. The van der Waals surface area contributed by atoms with Crippen molar-refractivity contribution in [2.45, 2.75) is 41.0 Å². The van der Waals surface area contributed by atoms with Crippen LogP contribution in [0.15, 0.2) is 11.6 Å².